The number of aryl methyl sites for hydroxylation is 2. The van der Waals surface area contributed by atoms with Crippen molar-refractivity contribution in [3.05, 3.63) is 428 Å². The summed E-state index contributed by atoms with van der Waals surface area (Å²) in [6.45, 7) is 20.4. The number of fused-ring (bicyclic) bond motifs is 10. The van der Waals surface area contributed by atoms with Gasteiger partial charge in [-0.15, -0.1) is 0 Å². The molecule has 0 amide bonds. The first-order valence-corrected chi connectivity index (χ1v) is 37.4. The lowest BCUT2D eigenvalue weighted by Crippen LogP contribution is -2.30. The Morgan fingerprint density at radius 3 is 0.991 bits per heavy atom. The molecule has 0 N–H and O–H groups in total. The standard InChI is InChI=1S/C101H76F6N2O2/c1-9-63-21-37-75(38-22-63)110-77-41-25-65(26-42-77)100(91-51-67(102)29-49-93(91)104)83-17-13-11-15-79(83)81-45-33-69(53-87(81)100)108(73-31-19-61(3)95(106)57-73)71-35-47-85-89(55-71)99(59-97(85,5)6)60-98(7,8)86-48-36-72(56-90(86)99)109(74-32-20-62(4)96(107)58-74)70-34-46-82-80-16-12-14-18-84(80)101(88(82)54-70,92-52-68(103)30-50-94(92)105)66-27-43-78(44-28-66)111-76-39-23-64(10-2)24-40-76/h9-58H,1-2,59-60H2,3-8H3. The lowest BCUT2D eigenvalue weighted by atomic mass is 9.67. The monoisotopic (exact) mass is 1460 g/mol. The van der Waals surface area contributed by atoms with Crippen molar-refractivity contribution < 1.29 is 35.8 Å². The molecule has 0 saturated heterocycles. The highest BCUT2D eigenvalue weighted by atomic mass is 19.1. The molecule has 14 aromatic carbocycles. The van der Waals surface area contributed by atoms with E-state index in [4.69, 9.17) is 9.47 Å². The molecule has 0 aromatic heterocycles. The number of hydrogen-bond acceptors (Lipinski definition) is 4. The average molecular weight is 1460 g/mol. The van der Waals surface area contributed by atoms with Crippen molar-refractivity contribution in [1.82, 2.24) is 0 Å². The molecule has 0 saturated carbocycles. The van der Waals surface area contributed by atoms with E-state index in [9.17, 15) is 0 Å². The predicted octanol–water partition coefficient (Wildman–Crippen LogP) is 27.3. The highest BCUT2D eigenvalue weighted by Crippen LogP contribution is 2.66. The lowest BCUT2D eigenvalue weighted by Gasteiger charge is -2.35. The molecular formula is C101H76F6N2O2. The van der Waals surface area contributed by atoms with Crippen LogP contribution in [0.2, 0.25) is 0 Å². The lowest BCUT2D eigenvalue weighted by molar-refractivity contribution is 0.349. The van der Waals surface area contributed by atoms with Gasteiger partial charge in [-0.25, -0.2) is 26.3 Å². The van der Waals surface area contributed by atoms with Crippen LogP contribution in [0.1, 0.15) is 130 Å². The van der Waals surface area contributed by atoms with E-state index in [0.717, 1.165) is 90.3 Å². The van der Waals surface area contributed by atoms with Gasteiger partial charge in [0, 0.05) is 50.7 Å². The summed E-state index contributed by atoms with van der Waals surface area (Å²) in [7, 11) is 0. The van der Waals surface area contributed by atoms with Gasteiger partial charge < -0.3 is 19.3 Å². The highest BCUT2D eigenvalue weighted by molar-refractivity contribution is 5.92. The zero-order chi connectivity index (χ0) is 76.6. The number of benzene rings is 14. The van der Waals surface area contributed by atoms with Gasteiger partial charge in [-0.05, 0) is 295 Å². The number of ether oxygens (including phenoxy) is 2. The maximum absolute atomic E-state index is 17.4. The van der Waals surface area contributed by atoms with Crippen LogP contribution in [0.15, 0.2) is 304 Å². The minimum atomic E-state index is -1.43. The summed E-state index contributed by atoms with van der Waals surface area (Å²) in [6, 6.07) is 89.4. The maximum Gasteiger partial charge on any atom is 0.128 e. The Morgan fingerprint density at radius 2 is 0.622 bits per heavy atom. The summed E-state index contributed by atoms with van der Waals surface area (Å²) in [5.41, 5.74) is 14.7. The Balaban J connectivity index is 0.804. The van der Waals surface area contributed by atoms with Crippen LogP contribution >= 0.6 is 0 Å². The molecule has 0 radical (unpaired) electrons. The molecule has 0 heterocycles. The SMILES string of the molecule is C=Cc1ccc(Oc2ccc(C3(c4cc(F)ccc4F)c4ccccc4-c4ccc(N(c5ccc(C)c(F)c5)c5ccc6c(c5)C5(CC6(C)C)CC(C)(C)c6ccc(N(c7ccc(C)c(F)c7)c7ccc8c(c7)C(c7ccc(Oc9ccc(C=C)cc9)cc7)(c7cc(F)ccc7F)c7ccccc7-8)cc65)cc43)cc2)cc1. The van der Waals surface area contributed by atoms with Crippen molar-refractivity contribution in [1.29, 1.82) is 0 Å². The molecule has 111 heavy (non-hydrogen) atoms. The normalized spacial score (nSPS) is 17.6. The Kier molecular flexibility index (Phi) is 16.6. The van der Waals surface area contributed by atoms with Crippen LogP contribution in [0.3, 0.4) is 0 Å². The van der Waals surface area contributed by atoms with E-state index in [1.54, 1.807) is 50.3 Å². The molecule has 4 aliphatic carbocycles. The second-order valence-electron chi connectivity index (χ2n) is 31.3. The number of hydrogen-bond donors (Lipinski definition) is 0. The van der Waals surface area contributed by atoms with Gasteiger partial charge in [0.1, 0.15) is 57.9 Å². The molecule has 0 aliphatic heterocycles. The molecule has 10 heteroatoms. The largest absolute Gasteiger partial charge is 0.457 e. The van der Waals surface area contributed by atoms with E-state index in [-0.39, 0.29) is 11.1 Å². The number of halogens is 6. The van der Waals surface area contributed by atoms with Gasteiger partial charge in [0.25, 0.3) is 0 Å². The Bertz CT molecular complexity index is 5770. The zero-order valence-electron chi connectivity index (χ0n) is 62.2. The van der Waals surface area contributed by atoms with Crippen LogP contribution in [0, 0.1) is 48.8 Å². The summed E-state index contributed by atoms with van der Waals surface area (Å²) >= 11 is 0. The average Bonchev–Trinajstić information content (AvgIpc) is 1.54. The summed E-state index contributed by atoms with van der Waals surface area (Å²) in [5, 5.41) is 0. The topological polar surface area (TPSA) is 24.9 Å². The third kappa shape index (κ3) is 11.2. The second-order valence-corrected chi connectivity index (χ2v) is 31.3. The van der Waals surface area contributed by atoms with E-state index in [1.165, 1.54) is 24.3 Å². The van der Waals surface area contributed by atoms with Crippen LogP contribution < -0.4 is 19.3 Å². The zero-order valence-corrected chi connectivity index (χ0v) is 62.2. The molecule has 18 rings (SSSR count). The fourth-order valence-electron chi connectivity index (χ4n) is 19.0. The van der Waals surface area contributed by atoms with E-state index in [2.05, 4.69) is 99.2 Å². The van der Waals surface area contributed by atoms with Gasteiger partial charge in [0.05, 0.1) is 10.8 Å². The van der Waals surface area contributed by atoms with E-state index in [0.29, 0.717) is 92.0 Å². The maximum atomic E-state index is 17.4. The van der Waals surface area contributed by atoms with Gasteiger partial charge in [-0.2, -0.15) is 0 Å². The molecule has 2 atom stereocenters. The van der Waals surface area contributed by atoms with Crippen LogP contribution in [0.5, 0.6) is 23.0 Å². The molecule has 4 aliphatic rings. The molecule has 544 valence electrons. The first-order chi connectivity index (χ1) is 53.6. The van der Waals surface area contributed by atoms with Gasteiger partial charge in [-0.1, -0.05) is 186 Å². The van der Waals surface area contributed by atoms with E-state index < -0.39 is 62.0 Å². The minimum absolute atomic E-state index is 0.121. The third-order valence-corrected chi connectivity index (χ3v) is 23.8. The van der Waals surface area contributed by atoms with E-state index in [1.807, 2.05) is 182 Å². The van der Waals surface area contributed by atoms with E-state index >= 15 is 26.3 Å². The minimum Gasteiger partial charge on any atom is -0.457 e. The molecule has 0 fully saturated rings. The molecule has 4 nitrogen and oxygen atoms in total. The van der Waals surface area contributed by atoms with Crippen LogP contribution in [0.25, 0.3) is 34.4 Å². The molecular weight excluding hydrogens is 1390 g/mol. The van der Waals surface area contributed by atoms with Gasteiger partial charge in [-0.3, -0.25) is 0 Å². The Hall–Kier alpha value is -12.7. The van der Waals surface area contributed by atoms with Gasteiger partial charge >= 0.3 is 0 Å². The first-order valence-electron chi connectivity index (χ1n) is 37.4. The van der Waals surface area contributed by atoms with Crippen molar-refractivity contribution in [2.24, 2.45) is 0 Å². The van der Waals surface area contributed by atoms with Gasteiger partial charge in [0.15, 0.2) is 0 Å². The number of rotatable bonds is 16. The smallest absolute Gasteiger partial charge is 0.128 e. The Morgan fingerprint density at radius 1 is 0.297 bits per heavy atom. The molecule has 1 spiro atoms. The van der Waals surface area contributed by atoms with Gasteiger partial charge in [0.2, 0.25) is 0 Å². The van der Waals surface area contributed by atoms with Crippen molar-refractivity contribution in [3.8, 4) is 45.3 Å². The first kappa shape index (κ1) is 70.0. The van der Waals surface area contributed by atoms with Crippen molar-refractivity contribution >= 4 is 46.3 Å². The molecule has 0 bridgehead atoms. The van der Waals surface area contributed by atoms with Crippen molar-refractivity contribution in [3.63, 3.8) is 0 Å². The van der Waals surface area contributed by atoms with Crippen LogP contribution in [-0.4, -0.2) is 0 Å². The van der Waals surface area contributed by atoms with Crippen LogP contribution in [-0.2, 0) is 27.1 Å². The predicted molar refractivity (Wildman–Crippen MR) is 435 cm³/mol. The number of nitrogens with zero attached hydrogens (tertiary/aromatic N) is 2. The second kappa shape index (κ2) is 26.3. The van der Waals surface area contributed by atoms with Crippen molar-refractivity contribution in [2.75, 3.05) is 9.80 Å². The fraction of sp³-hybridized carbons (Fsp3) is 0.129. The highest BCUT2D eigenvalue weighted by Gasteiger charge is 2.57. The fourth-order valence-corrected chi connectivity index (χ4v) is 19.0. The summed E-state index contributed by atoms with van der Waals surface area (Å²) < 4.78 is 114. The number of anilines is 6. The molecule has 2 unspecified atom stereocenters. The Labute approximate surface area is 643 Å². The summed E-state index contributed by atoms with van der Waals surface area (Å²) in [5.74, 6) is -0.871. The summed E-state index contributed by atoms with van der Waals surface area (Å²) in [4.78, 5) is 4.15. The quantitative estimate of drug-likeness (QED) is 0.0900. The summed E-state index contributed by atoms with van der Waals surface area (Å²) in [6.07, 6.45) is 4.96. The third-order valence-electron chi connectivity index (χ3n) is 23.8. The van der Waals surface area contributed by atoms with Crippen molar-refractivity contribution in [2.45, 2.75) is 81.5 Å². The molecule has 14 aromatic rings. The van der Waals surface area contributed by atoms with Crippen LogP contribution in [0.4, 0.5) is 60.5 Å².